The van der Waals surface area contributed by atoms with E-state index in [1.165, 1.54) is 0 Å². The van der Waals surface area contributed by atoms with E-state index in [9.17, 15) is 9.90 Å². The van der Waals surface area contributed by atoms with Crippen LogP contribution in [-0.4, -0.2) is 35.1 Å². The number of aliphatic hydroxyl groups excluding tert-OH is 1. The maximum atomic E-state index is 12.1. The Morgan fingerprint density at radius 1 is 1.56 bits per heavy atom. The zero-order valence-electron chi connectivity index (χ0n) is 10.7. The van der Waals surface area contributed by atoms with E-state index in [1.807, 2.05) is 18.7 Å². The van der Waals surface area contributed by atoms with Gasteiger partial charge in [0.15, 0.2) is 0 Å². The van der Waals surface area contributed by atoms with Crippen LogP contribution in [0, 0.1) is 23.2 Å². The molecule has 4 atom stereocenters. The van der Waals surface area contributed by atoms with Crippen LogP contribution in [-0.2, 0) is 4.79 Å². The number of piperidine rings is 1. The maximum absolute atomic E-state index is 12.1. The molecule has 0 radical (unpaired) electrons. The summed E-state index contributed by atoms with van der Waals surface area (Å²) in [5, 5.41) is 9.48. The highest BCUT2D eigenvalue weighted by Crippen LogP contribution is 2.64. The summed E-state index contributed by atoms with van der Waals surface area (Å²) in [4.78, 5) is 14.1. The van der Waals surface area contributed by atoms with Gasteiger partial charge in [-0.3, -0.25) is 4.79 Å². The molecular formula is C13H23NO2. The first-order chi connectivity index (χ1) is 7.45. The van der Waals surface area contributed by atoms with Gasteiger partial charge >= 0.3 is 0 Å². The van der Waals surface area contributed by atoms with Gasteiger partial charge in [-0.2, -0.15) is 0 Å². The molecule has 1 saturated heterocycles. The number of likely N-dealkylation sites (tertiary alicyclic amines) is 1. The SMILES string of the molecule is CC[C@H](C)C(=O)N1CC2C([C@H]1CO)C2(C)C. The number of carbonyl (C=O) groups excluding carboxylic acids is 1. The van der Waals surface area contributed by atoms with Gasteiger partial charge in [-0.1, -0.05) is 27.7 Å². The molecule has 2 aliphatic rings. The molecule has 16 heavy (non-hydrogen) atoms. The Morgan fingerprint density at radius 3 is 2.69 bits per heavy atom. The number of hydrogen-bond acceptors (Lipinski definition) is 2. The van der Waals surface area contributed by atoms with E-state index in [0.29, 0.717) is 17.3 Å². The summed E-state index contributed by atoms with van der Waals surface area (Å²) in [5.74, 6) is 1.45. The first kappa shape index (κ1) is 11.9. The zero-order valence-corrected chi connectivity index (χ0v) is 10.7. The molecule has 0 aromatic carbocycles. The molecule has 1 amide bonds. The third kappa shape index (κ3) is 1.48. The second kappa shape index (κ2) is 3.73. The van der Waals surface area contributed by atoms with Gasteiger partial charge in [0, 0.05) is 12.5 Å². The van der Waals surface area contributed by atoms with Crippen molar-refractivity contribution in [2.24, 2.45) is 23.2 Å². The van der Waals surface area contributed by atoms with Gasteiger partial charge in [-0.05, 0) is 23.7 Å². The largest absolute Gasteiger partial charge is 0.394 e. The molecule has 1 heterocycles. The third-order valence-electron chi connectivity index (χ3n) is 4.85. The van der Waals surface area contributed by atoms with E-state index < -0.39 is 0 Å². The number of fused-ring (bicyclic) bond motifs is 1. The van der Waals surface area contributed by atoms with Crippen LogP contribution in [0.4, 0.5) is 0 Å². The molecule has 0 aromatic rings. The van der Waals surface area contributed by atoms with Crippen molar-refractivity contribution >= 4 is 5.91 Å². The average Bonchev–Trinajstić information content (AvgIpc) is 2.67. The van der Waals surface area contributed by atoms with Crippen molar-refractivity contribution in [2.45, 2.75) is 40.2 Å². The van der Waals surface area contributed by atoms with E-state index in [1.54, 1.807) is 0 Å². The molecule has 2 rings (SSSR count). The van der Waals surface area contributed by atoms with Gasteiger partial charge in [0.05, 0.1) is 12.6 Å². The lowest BCUT2D eigenvalue weighted by Crippen LogP contribution is -2.45. The Labute approximate surface area is 97.8 Å². The summed E-state index contributed by atoms with van der Waals surface area (Å²) in [5.41, 5.74) is 0.333. The van der Waals surface area contributed by atoms with Crippen LogP contribution in [0.3, 0.4) is 0 Å². The summed E-state index contributed by atoms with van der Waals surface area (Å²) in [6.07, 6.45) is 0.881. The Morgan fingerprint density at radius 2 is 2.19 bits per heavy atom. The minimum Gasteiger partial charge on any atom is -0.394 e. The van der Waals surface area contributed by atoms with E-state index >= 15 is 0 Å². The molecule has 0 spiro atoms. The molecule has 1 aliphatic carbocycles. The highest BCUT2D eigenvalue weighted by molar-refractivity contribution is 5.79. The zero-order chi connectivity index (χ0) is 12.1. The number of aliphatic hydroxyl groups is 1. The smallest absolute Gasteiger partial charge is 0.225 e. The number of hydrogen-bond donors (Lipinski definition) is 1. The quantitative estimate of drug-likeness (QED) is 0.791. The first-order valence-electron chi connectivity index (χ1n) is 6.36. The maximum Gasteiger partial charge on any atom is 0.225 e. The van der Waals surface area contributed by atoms with Gasteiger partial charge in [-0.15, -0.1) is 0 Å². The Balaban J connectivity index is 2.07. The van der Waals surface area contributed by atoms with Gasteiger partial charge in [0.2, 0.25) is 5.91 Å². The Hall–Kier alpha value is -0.570. The topological polar surface area (TPSA) is 40.5 Å². The Kier molecular flexibility index (Phi) is 2.77. The molecular weight excluding hydrogens is 202 g/mol. The molecule has 1 N–H and O–H groups in total. The van der Waals surface area contributed by atoms with Gasteiger partial charge in [0.25, 0.3) is 0 Å². The van der Waals surface area contributed by atoms with Gasteiger partial charge in [0.1, 0.15) is 0 Å². The standard InChI is InChI=1S/C13H23NO2/c1-5-8(2)12(16)14-6-9-11(10(14)7-15)13(9,3)4/h8-11,15H,5-7H2,1-4H3/t8-,9?,10+,11?/m0/s1. The fourth-order valence-corrected chi connectivity index (χ4v) is 3.36. The van der Waals surface area contributed by atoms with Crippen LogP contribution in [0.25, 0.3) is 0 Å². The number of rotatable bonds is 3. The van der Waals surface area contributed by atoms with Crippen molar-refractivity contribution in [3.63, 3.8) is 0 Å². The fraction of sp³-hybridized carbons (Fsp3) is 0.923. The van der Waals surface area contributed by atoms with Crippen LogP contribution >= 0.6 is 0 Å². The van der Waals surface area contributed by atoms with Crippen molar-refractivity contribution < 1.29 is 9.90 Å². The molecule has 0 aromatic heterocycles. The summed E-state index contributed by atoms with van der Waals surface area (Å²) in [6.45, 7) is 9.48. The predicted octanol–water partition coefficient (Wildman–Crippen LogP) is 1.51. The summed E-state index contributed by atoms with van der Waals surface area (Å²) in [7, 11) is 0. The van der Waals surface area contributed by atoms with Crippen LogP contribution in [0.2, 0.25) is 0 Å². The monoisotopic (exact) mass is 225 g/mol. The number of nitrogens with zero attached hydrogens (tertiary/aromatic N) is 1. The number of carbonyl (C=O) groups is 1. The van der Waals surface area contributed by atoms with E-state index in [4.69, 9.17) is 0 Å². The predicted molar refractivity (Wildman–Crippen MR) is 62.8 cm³/mol. The molecule has 1 saturated carbocycles. The lowest BCUT2D eigenvalue weighted by Gasteiger charge is -2.31. The van der Waals surface area contributed by atoms with E-state index in [0.717, 1.165) is 13.0 Å². The lowest BCUT2D eigenvalue weighted by molar-refractivity contribution is -0.138. The molecule has 92 valence electrons. The minimum atomic E-state index is 0.0708. The molecule has 0 bridgehead atoms. The van der Waals surface area contributed by atoms with Crippen LogP contribution < -0.4 is 0 Å². The van der Waals surface area contributed by atoms with Gasteiger partial charge < -0.3 is 10.0 Å². The van der Waals surface area contributed by atoms with Crippen molar-refractivity contribution in [3.05, 3.63) is 0 Å². The highest BCUT2D eigenvalue weighted by atomic mass is 16.3. The lowest BCUT2D eigenvalue weighted by atomic mass is 9.99. The average molecular weight is 225 g/mol. The molecule has 2 unspecified atom stereocenters. The van der Waals surface area contributed by atoms with Crippen molar-refractivity contribution in [2.75, 3.05) is 13.2 Å². The van der Waals surface area contributed by atoms with Crippen LogP contribution in [0.5, 0.6) is 0 Å². The second-order valence-electron chi connectivity index (χ2n) is 6.00. The summed E-state index contributed by atoms with van der Waals surface area (Å²) < 4.78 is 0. The first-order valence-corrected chi connectivity index (χ1v) is 6.36. The Bertz CT molecular complexity index is 300. The van der Waals surface area contributed by atoms with Crippen molar-refractivity contribution in [1.82, 2.24) is 4.90 Å². The number of amides is 1. The normalized spacial score (nSPS) is 37.1. The fourth-order valence-electron chi connectivity index (χ4n) is 3.36. The van der Waals surface area contributed by atoms with E-state index in [-0.39, 0.29) is 24.5 Å². The highest BCUT2D eigenvalue weighted by Gasteiger charge is 2.67. The van der Waals surface area contributed by atoms with E-state index in [2.05, 4.69) is 13.8 Å². The van der Waals surface area contributed by atoms with Crippen LogP contribution in [0.1, 0.15) is 34.1 Å². The van der Waals surface area contributed by atoms with Crippen molar-refractivity contribution in [3.8, 4) is 0 Å². The molecule has 3 heteroatoms. The summed E-state index contributed by atoms with van der Waals surface area (Å²) >= 11 is 0. The van der Waals surface area contributed by atoms with Crippen LogP contribution in [0.15, 0.2) is 0 Å². The minimum absolute atomic E-state index is 0.0708. The molecule has 2 fully saturated rings. The summed E-state index contributed by atoms with van der Waals surface area (Å²) in [6, 6.07) is 0.0708. The molecule has 3 nitrogen and oxygen atoms in total. The second-order valence-corrected chi connectivity index (χ2v) is 6.00. The third-order valence-corrected chi connectivity index (χ3v) is 4.85. The van der Waals surface area contributed by atoms with Gasteiger partial charge in [-0.25, -0.2) is 0 Å². The van der Waals surface area contributed by atoms with Crippen molar-refractivity contribution in [1.29, 1.82) is 0 Å². The molecule has 1 aliphatic heterocycles.